The number of esters is 2. The van der Waals surface area contributed by atoms with Gasteiger partial charge in [-0.2, -0.15) is 0 Å². The molecular formula is C80H135NO8. The number of quaternary nitrogens is 1. The Labute approximate surface area is 548 Å². The molecule has 9 heteroatoms. The van der Waals surface area contributed by atoms with E-state index in [1.54, 1.807) is 0 Å². The summed E-state index contributed by atoms with van der Waals surface area (Å²) in [6.45, 7) is 4.62. The van der Waals surface area contributed by atoms with E-state index in [1.165, 1.54) is 154 Å². The molecule has 0 fully saturated rings. The zero-order valence-corrected chi connectivity index (χ0v) is 58.0. The van der Waals surface area contributed by atoms with Crippen LogP contribution in [-0.4, -0.2) is 82.3 Å². The Morgan fingerprint density at radius 3 is 0.955 bits per heavy atom. The minimum atomic E-state index is -1.63. The predicted molar refractivity (Wildman–Crippen MR) is 379 cm³/mol. The Balaban J connectivity index is 4.16. The van der Waals surface area contributed by atoms with Gasteiger partial charge in [-0.05, 0) is 116 Å². The lowest BCUT2D eigenvalue weighted by atomic mass is 10.0. The Morgan fingerprint density at radius 2 is 0.640 bits per heavy atom. The van der Waals surface area contributed by atoms with E-state index in [4.69, 9.17) is 18.9 Å². The molecule has 0 spiro atoms. The van der Waals surface area contributed by atoms with Crippen molar-refractivity contribution in [1.82, 2.24) is 0 Å². The Morgan fingerprint density at radius 1 is 0.348 bits per heavy atom. The highest BCUT2D eigenvalue weighted by Gasteiger charge is 2.22. The van der Waals surface area contributed by atoms with Crippen LogP contribution in [0, 0.1) is 0 Å². The van der Waals surface area contributed by atoms with Crippen LogP contribution in [-0.2, 0) is 33.3 Å². The molecule has 0 aromatic rings. The number of hydrogen-bond acceptors (Lipinski definition) is 8. The van der Waals surface area contributed by atoms with Crippen LogP contribution >= 0.6 is 0 Å². The summed E-state index contributed by atoms with van der Waals surface area (Å²) in [6.07, 6.45) is 96.7. The van der Waals surface area contributed by atoms with Gasteiger partial charge in [0, 0.05) is 12.8 Å². The summed E-state index contributed by atoms with van der Waals surface area (Å²) in [7, 11) is 5.92. The number of nitrogens with zero attached hydrogens (tertiary/aromatic N) is 1. The van der Waals surface area contributed by atoms with E-state index in [0.29, 0.717) is 17.4 Å². The van der Waals surface area contributed by atoms with E-state index in [9.17, 15) is 19.5 Å². The van der Waals surface area contributed by atoms with Crippen molar-refractivity contribution in [2.75, 3.05) is 47.5 Å². The molecule has 0 aliphatic carbocycles. The number of allylic oxidation sites excluding steroid dienone is 22. The minimum absolute atomic E-state index is 0.140. The van der Waals surface area contributed by atoms with Crippen molar-refractivity contribution < 1.29 is 42.9 Å². The van der Waals surface area contributed by atoms with Gasteiger partial charge in [-0.25, -0.2) is 0 Å². The summed E-state index contributed by atoms with van der Waals surface area (Å²) >= 11 is 0. The molecule has 0 aromatic heterocycles. The van der Waals surface area contributed by atoms with Gasteiger partial charge < -0.3 is 33.3 Å². The largest absolute Gasteiger partial charge is 0.545 e. The van der Waals surface area contributed by atoms with Crippen LogP contribution in [0.4, 0.5) is 0 Å². The van der Waals surface area contributed by atoms with E-state index < -0.39 is 24.3 Å². The molecule has 508 valence electrons. The summed E-state index contributed by atoms with van der Waals surface area (Å²) < 4.78 is 22.8. The van der Waals surface area contributed by atoms with Crippen molar-refractivity contribution in [1.29, 1.82) is 0 Å². The average Bonchev–Trinajstić information content (AvgIpc) is 3.64. The second kappa shape index (κ2) is 69.3. The molecule has 0 bridgehead atoms. The minimum Gasteiger partial charge on any atom is -0.545 e. The van der Waals surface area contributed by atoms with Crippen LogP contribution in [0.5, 0.6) is 0 Å². The molecule has 0 aliphatic rings. The van der Waals surface area contributed by atoms with Crippen LogP contribution in [0.1, 0.15) is 296 Å². The molecule has 0 radical (unpaired) electrons. The maximum Gasteiger partial charge on any atom is 0.306 e. The van der Waals surface area contributed by atoms with E-state index in [2.05, 4.69) is 148 Å². The first-order valence-electron chi connectivity index (χ1n) is 36.3. The highest BCUT2D eigenvalue weighted by Crippen LogP contribution is 2.17. The van der Waals surface area contributed by atoms with Gasteiger partial charge in [-0.3, -0.25) is 9.59 Å². The smallest absolute Gasteiger partial charge is 0.306 e. The number of hydrogen-bond donors (Lipinski definition) is 0. The zero-order chi connectivity index (χ0) is 64.7. The summed E-state index contributed by atoms with van der Waals surface area (Å²) in [6, 6.07) is 0. The van der Waals surface area contributed by atoms with Gasteiger partial charge in [0.2, 0.25) is 0 Å². The van der Waals surface area contributed by atoms with Gasteiger partial charge in [0.15, 0.2) is 12.4 Å². The van der Waals surface area contributed by atoms with Crippen LogP contribution in [0.2, 0.25) is 0 Å². The number of unbranched alkanes of at least 4 members (excludes halogenated alkanes) is 29. The molecule has 89 heavy (non-hydrogen) atoms. The number of ether oxygens (including phenoxy) is 4. The summed E-state index contributed by atoms with van der Waals surface area (Å²) in [5, 5.41) is 11.8. The molecule has 0 N–H and O–H groups in total. The molecule has 2 atom stereocenters. The van der Waals surface area contributed by atoms with E-state index in [1.807, 2.05) is 21.1 Å². The lowest BCUT2D eigenvalue weighted by molar-refractivity contribution is -0.870. The SMILES string of the molecule is CC/C=C\C/C=C\C/C=C\C/C=C\C/C=C\C/C=C\C/C=C\C/C=C\CCCCCCCCCCC(=O)OC(COC(=O)CCCCCCCCCCCCCCCCCC/C=C\C/C=C\C/C=C\CCCCCCC)COC(OCC[N+](C)(C)C)C(=O)[O-]. The summed E-state index contributed by atoms with van der Waals surface area (Å²) in [5.41, 5.74) is 0. The number of rotatable bonds is 66. The fraction of sp³-hybridized carbons (Fsp3) is 0.688. The summed E-state index contributed by atoms with van der Waals surface area (Å²) in [4.78, 5) is 37.5. The average molecular weight is 1240 g/mol. The standard InChI is InChI=1S/C80H135NO8/c1-6-8-10-12-14-16-18-20-22-24-26-28-30-32-34-36-38-39-41-43-45-47-49-51-53-55-57-59-61-63-65-67-69-71-78(83)89-76(75-88-80(79(84)85)86-73-72-81(3,4)5)74-87-77(82)70-68-66-64-62-60-58-56-54-52-50-48-46-44-42-40-37-35-33-31-29-27-25-23-21-19-17-15-13-11-9-7-2/h8,10,14,16,19-22,25-28,31-34,38-39,43,45,49,51,76,80H,6-7,9,11-13,15,17-18,23-24,29-30,35-37,40-42,44,46-48,50,52-75H2,1-5H3/b10-8-,16-14-,21-19-,22-20-,27-25-,28-26-,33-31-,34-32-,39-38-,45-43-,51-49-. The van der Waals surface area contributed by atoms with Crippen molar-refractivity contribution in [3.05, 3.63) is 134 Å². The Hall–Kier alpha value is -4.57. The van der Waals surface area contributed by atoms with E-state index in [0.717, 1.165) is 109 Å². The molecule has 0 aliphatic heterocycles. The molecular weight excluding hydrogens is 1100 g/mol. The molecule has 0 saturated carbocycles. The maximum absolute atomic E-state index is 12.9. The third-order valence-electron chi connectivity index (χ3n) is 15.4. The Bertz CT molecular complexity index is 1930. The normalized spacial score (nSPS) is 13.5. The number of carboxylic acid groups (broad SMARTS) is 1. The van der Waals surface area contributed by atoms with Gasteiger partial charge >= 0.3 is 11.9 Å². The van der Waals surface area contributed by atoms with E-state index in [-0.39, 0.29) is 38.6 Å². The van der Waals surface area contributed by atoms with Crippen molar-refractivity contribution in [2.24, 2.45) is 0 Å². The van der Waals surface area contributed by atoms with Gasteiger partial charge in [-0.1, -0.05) is 302 Å². The molecule has 0 aromatic carbocycles. The molecule has 2 unspecified atom stereocenters. The lowest BCUT2D eigenvalue weighted by Crippen LogP contribution is -2.44. The first-order chi connectivity index (χ1) is 43.6. The van der Waals surface area contributed by atoms with Crippen LogP contribution in [0.3, 0.4) is 0 Å². The number of likely N-dealkylation sites (N-methyl/N-ethyl adjacent to an activating group) is 1. The summed E-state index contributed by atoms with van der Waals surface area (Å²) in [5.74, 6) is -2.30. The first-order valence-corrected chi connectivity index (χ1v) is 36.3. The zero-order valence-electron chi connectivity index (χ0n) is 58.0. The van der Waals surface area contributed by atoms with Gasteiger partial charge in [0.25, 0.3) is 0 Å². The maximum atomic E-state index is 12.9. The van der Waals surface area contributed by atoms with Crippen LogP contribution < -0.4 is 5.11 Å². The topological polar surface area (TPSA) is 111 Å². The number of carboxylic acids is 1. The Kier molecular flexibility index (Phi) is 65.8. The predicted octanol–water partition coefficient (Wildman–Crippen LogP) is 21.6. The second-order valence-electron chi connectivity index (χ2n) is 25.1. The molecule has 0 saturated heterocycles. The quantitative estimate of drug-likeness (QED) is 0.0195. The number of carbonyl (C=O) groups is 3. The fourth-order valence-corrected chi connectivity index (χ4v) is 9.86. The molecule has 0 amide bonds. The van der Waals surface area contributed by atoms with E-state index >= 15 is 0 Å². The van der Waals surface area contributed by atoms with Crippen molar-refractivity contribution in [3.63, 3.8) is 0 Å². The van der Waals surface area contributed by atoms with Crippen LogP contribution in [0.25, 0.3) is 0 Å². The van der Waals surface area contributed by atoms with Crippen LogP contribution in [0.15, 0.2) is 134 Å². The molecule has 9 nitrogen and oxygen atoms in total. The van der Waals surface area contributed by atoms with Crippen molar-refractivity contribution >= 4 is 17.9 Å². The number of aliphatic carboxylic acids is 1. The van der Waals surface area contributed by atoms with Gasteiger partial charge in [-0.15, -0.1) is 0 Å². The monoisotopic (exact) mass is 1240 g/mol. The van der Waals surface area contributed by atoms with Gasteiger partial charge in [0.05, 0.1) is 40.3 Å². The lowest BCUT2D eigenvalue weighted by Gasteiger charge is -2.26. The van der Waals surface area contributed by atoms with Gasteiger partial charge in [0.1, 0.15) is 13.2 Å². The second-order valence-corrected chi connectivity index (χ2v) is 25.1. The van der Waals surface area contributed by atoms with Crippen molar-refractivity contribution in [2.45, 2.75) is 309 Å². The van der Waals surface area contributed by atoms with Crippen molar-refractivity contribution in [3.8, 4) is 0 Å². The molecule has 0 heterocycles. The third-order valence-corrected chi connectivity index (χ3v) is 15.4. The highest BCUT2D eigenvalue weighted by atomic mass is 16.7. The third kappa shape index (κ3) is 70.7. The first kappa shape index (κ1) is 84.4. The fourth-order valence-electron chi connectivity index (χ4n) is 9.86. The molecule has 0 rings (SSSR count). The highest BCUT2D eigenvalue weighted by molar-refractivity contribution is 5.70. The number of carbonyl (C=O) groups excluding carboxylic acids is 3.